The molecular formula is C21H19N3O4S. The highest BCUT2D eigenvalue weighted by Gasteiger charge is 2.24. The van der Waals surface area contributed by atoms with Crippen LogP contribution >= 0.6 is 0 Å². The maximum atomic E-state index is 12.9. The van der Waals surface area contributed by atoms with E-state index in [9.17, 15) is 18.0 Å². The number of hydrogen-bond donors (Lipinski definition) is 2. The van der Waals surface area contributed by atoms with Crippen molar-refractivity contribution in [3.63, 3.8) is 0 Å². The van der Waals surface area contributed by atoms with Gasteiger partial charge in [0.25, 0.3) is 0 Å². The summed E-state index contributed by atoms with van der Waals surface area (Å²) in [5, 5.41) is 7.55. The fraction of sp³-hybridized carbons (Fsp3) is 0.0476. The van der Waals surface area contributed by atoms with Crippen molar-refractivity contribution in [1.29, 1.82) is 0 Å². The number of primary sulfonamides is 1. The summed E-state index contributed by atoms with van der Waals surface area (Å²) in [6.45, 7) is 0.224. The number of sulfonamides is 1. The molecule has 0 unspecified atom stereocenters. The summed E-state index contributed by atoms with van der Waals surface area (Å²) >= 11 is 0. The van der Waals surface area contributed by atoms with Gasteiger partial charge in [-0.2, -0.15) is 0 Å². The van der Waals surface area contributed by atoms with Gasteiger partial charge in [0, 0.05) is 11.4 Å². The van der Waals surface area contributed by atoms with Gasteiger partial charge in [0.2, 0.25) is 10.0 Å². The molecule has 0 radical (unpaired) electrons. The van der Waals surface area contributed by atoms with E-state index in [4.69, 9.17) is 5.14 Å². The lowest BCUT2D eigenvalue weighted by atomic mass is 10.2. The molecule has 0 saturated heterocycles. The third-order valence-corrected chi connectivity index (χ3v) is 5.06. The Morgan fingerprint density at radius 3 is 1.93 bits per heavy atom. The number of para-hydroxylation sites is 1. The summed E-state index contributed by atoms with van der Waals surface area (Å²) in [4.78, 5) is 26.7. The predicted molar refractivity (Wildman–Crippen MR) is 111 cm³/mol. The zero-order chi connectivity index (χ0) is 20.9. The minimum absolute atomic E-state index is 0.0863. The second kappa shape index (κ2) is 8.68. The van der Waals surface area contributed by atoms with Gasteiger partial charge in [-0.05, 0) is 42.0 Å². The third-order valence-electron chi connectivity index (χ3n) is 4.13. The molecule has 0 spiro atoms. The minimum atomic E-state index is -3.84. The first-order valence-corrected chi connectivity index (χ1v) is 10.2. The lowest BCUT2D eigenvalue weighted by molar-refractivity contribution is -0.134. The number of nitrogens with one attached hydrogen (secondary N) is 1. The van der Waals surface area contributed by atoms with E-state index in [0.29, 0.717) is 5.69 Å². The van der Waals surface area contributed by atoms with E-state index in [1.54, 1.807) is 24.3 Å². The molecule has 2 amide bonds. The Morgan fingerprint density at radius 2 is 1.38 bits per heavy atom. The Labute approximate surface area is 168 Å². The second-order valence-electron chi connectivity index (χ2n) is 6.24. The van der Waals surface area contributed by atoms with Gasteiger partial charge in [-0.3, -0.25) is 14.5 Å². The van der Waals surface area contributed by atoms with Crippen molar-refractivity contribution in [1.82, 2.24) is 0 Å². The van der Waals surface area contributed by atoms with Crippen molar-refractivity contribution in [3.8, 4) is 0 Å². The number of benzene rings is 3. The van der Waals surface area contributed by atoms with E-state index in [1.165, 1.54) is 29.2 Å². The van der Waals surface area contributed by atoms with E-state index in [1.807, 2.05) is 36.4 Å². The van der Waals surface area contributed by atoms with Crippen LogP contribution in [0.3, 0.4) is 0 Å². The molecule has 0 atom stereocenters. The van der Waals surface area contributed by atoms with Crippen molar-refractivity contribution in [2.24, 2.45) is 5.14 Å². The van der Waals surface area contributed by atoms with Gasteiger partial charge in [-0.25, -0.2) is 13.6 Å². The summed E-state index contributed by atoms with van der Waals surface area (Å²) in [7, 11) is -3.84. The zero-order valence-electron chi connectivity index (χ0n) is 15.4. The number of amides is 2. The van der Waals surface area contributed by atoms with Gasteiger partial charge < -0.3 is 5.32 Å². The molecule has 29 heavy (non-hydrogen) atoms. The molecule has 3 rings (SSSR count). The number of carbonyl (C=O) groups excluding carboxylic acids is 2. The van der Waals surface area contributed by atoms with Gasteiger partial charge in [-0.1, -0.05) is 48.5 Å². The molecule has 8 heteroatoms. The molecular weight excluding hydrogens is 390 g/mol. The first kappa shape index (κ1) is 20.2. The summed E-state index contributed by atoms with van der Waals surface area (Å²) in [5.41, 5.74) is 1.74. The highest BCUT2D eigenvalue weighted by molar-refractivity contribution is 7.89. The van der Waals surface area contributed by atoms with Crippen LogP contribution in [0, 0.1) is 0 Å². The fourth-order valence-corrected chi connectivity index (χ4v) is 3.20. The average Bonchev–Trinajstić information content (AvgIpc) is 2.72. The summed E-state index contributed by atoms with van der Waals surface area (Å²) in [6.07, 6.45) is 0. The van der Waals surface area contributed by atoms with Crippen LogP contribution in [0.5, 0.6) is 0 Å². The quantitative estimate of drug-likeness (QED) is 0.631. The van der Waals surface area contributed by atoms with Gasteiger partial charge in [0.1, 0.15) is 0 Å². The van der Waals surface area contributed by atoms with Crippen LogP contribution in [0.25, 0.3) is 0 Å². The van der Waals surface area contributed by atoms with Crippen LogP contribution in [0.1, 0.15) is 5.56 Å². The Kier molecular flexibility index (Phi) is 6.06. The molecule has 0 aliphatic heterocycles. The topological polar surface area (TPSA) is 110 Å². The normalized spacial score (nSPS) is 10.9. The molecule has 148 valence electrons. The summed E-state index contributed by atoms with van der Waals surface area (Å²) in [6, 6.07) is 23.5. The highest BCUT2D eigenvalue weighted by atomic mass is 32.2. The minimum Gasteiger partial charge on any atom is -0.318 e. The molecule has 3 aromatic rings. The molecule has 3 N–H and O–H groups in total. The lowest BCUT2D eigenvalue weighted by Crippen LogP contribution is -2.39. The predicted octanol–water partition coefficient (Wildman–Crippen LogP) is 2.51. The molecule has 0 bridgehead atoms. The monoisotopic (exact) mass is 409 g/mol. The molecule has 7 nitrogen and oxygen atoms in total. The van der Waals surface area contributed by atoms with Crippen LogP contribution < -0.4 is 15.4 Å². The first-order chi connectivity index (χ1) is 13.8. The average molecular weight is 409 g/mol. The highest BCUT2D eigenvalue weighted by Crippen LogP contribution is 2.18. The molecule has 0 aromatic heterocycles. The van der Waals surface area contributed by atoms with Crippen LogP contribution in [-0.4, -0.2) is 20.2 Å². The zero-order valence-corrected chi connectivity index (χ0v) is 16.2. The van der Waals surface area contributed by atoms with E-state index in [0.717, 1.165) is 5.56 Å². The molecule has 0 heterocycles. The van der Waals surface area contributed by atoms with Crippen molar-refractivity contribution >= 4 is 33.2 Å². The van der Waals surface area contributed by atoms with E-state index >= 15 is 0 Å². The van der Waals surface area contributed by atoms with Crippen LogP contribution in [0.15, 0.2) is 89.8 Å². The Morgan fingerprint density at radius 1 is 0.828 bits per heavy atom. The SMILES string of the molecule is NS(=O)(=O)c1ccc(NC(=O)C(=O)N(Cc2ccccc2)c2ccccc2)cc1. The largest absolute Gasteiger partial charge is 0.318 e. The van der Waals surface area contributed by atoms with Gasteiger partial charge in [-0.15, -0.1) is 0 Å². The van der Waals surface area contributed by atoms with E-state index in [-0.39, 0.29) is 17.1 Å². The van der Waals surface area contributed by atoms with Crippen molar-refractivity contribution in [2.45, 2.75) is 11.4 Å². The van der Waals surface area contributed by atoms with Crippen LogP contribution in [0.4, 0.5) is 11.4 Å². The third kappa shape index (κ3) is 5.28. The van der Waals surface area contributed by atoms with Crippen LogP contribution in [-0.2, 0) is 26.2 Å². The summed E-state index contributed by atoms with van der Waals surface area (Å²) < 4.78 is 22.6. The number of rotatable bonds is 5. The van der Waals surface area contributed by atoms with E-state index in [2.05, 4.69) is 5.32 Å². The van der Waals surface area contributed by atoms with Crippen molar-refractivity contribution < 1.29 is 18.0 Å². The van der Waals surface area contributed by atoms with Gasteiger partial charge >= 0.3 is 11.8 Å². The molecule has 0 aliphatic carbocycles. The van der Waals surface area contributed by atoms with E-state index < -0.39 is 21.8 Å². The first-order valence-electron chi connectivity index (χ1n) is 8.69. The Balaban J connectivity index is 1.80. The number of carbonyl (C=O) groups is 2. The number of hydrogen-bond acceptors (Lipinski definition) is 4. The van der Waals surface area contributed by atoms with Crippen molar-refractivity contribution in [2.75, 3.05) is 10.2 Å². The Bertz CT molecular complexity index is 1100. The maximum absolute atomic E-state index is 12.9. The van der Waals surface area contributed by atoms with Crippen molar-refractivity contribution in [3.05, 3.63) is 90.5 Å². The van der Waals surface area contributed by atoms with Crippen LogP contribution in [0.2, 0.25) is 0 Å². The molecule has 0 aliphatic rings. The lowest BCUT2D eigenvalue weighted by Gasteiger charge is -2.22. The molecule has 0 saturated carbocycles. The number of nitrogens with two attached hydrogens (primary N) is 1. The number of nitrogens with zero attached hydrogens (tertiary/aromatic N) is 1. The number of anilines is 2. The van der Waals surface area contributed by atoms with Gasteiger partial charge in [0.15, 0.2) is 0 Å². The molecule has 3 aromatic carbocycles. The standard InChI is InChI=1S/C21H19N3O4S/c22-29(27,28)19-13-11-17(12-14-19)23-20(25)21(26)24(18-9-5-2-6-10-18)15-16-7-3-1-4-8-16/h1-14H,15H2,(H,23,25)(H2,22,27,28). The Hall–Kier alpha value is -3.49. The second-order valence-corrected chi connectivity index (χ2v) is 7.80. The van der Waals surface area contributed by atoms with Gasteiger partial charge in [0.05, 0.1) is 11.4 Å². The molecule has 0 fully saturated rings. The maximum Gasteiger partial charge on any atom is 0.316 e. The summed E-state index contributed by atoms with van der Waals surface area (Å²) in [5.74, 6) is -1.58. The fourth-order valence-electron chi connectivity index (χ4n) is 2.69. The smallest absolute Gasteiger partial charge is 0.316 e.